The molecular weight excluding hydrogens is 751 g/mol. The van der Waals surface area contributed by atoms with Crippen LogP contribution in [-0.2, 0) is 0 Å². The summed E-state index contributed by atoms with van der Waals surface area (Å²) in [6, 6.07) is 89.0. The van der Waals surface area contributed by atoms with Crippen LogP contribution in [0.4, 0.5) is 17.1 Å². The summed E-state index contributed by atoms with van der Waals surface area (Å²) in [5.41, 5.74) is 19.4. The van der Waals surface area contributed by atoms with Gasteiger partial charge in [0.2, 0.25) is 0 Å². The first-order valence-corrected chi connectivity index (χ1v) is 21.1. The molecule has 0 radical (unpaired) electrons. The second kappa shape index (κ2) is 16.1. The Morgan fingerprint density at radius 3 is 0.871 bits per heavy atom. The molecule has 1 aromatic heterocycles. The van der Waals surface area contributed by atoms with Crippen molar-refractivity contribution in [3.05, 3.63) is 249 Å². The zero-order valence-electron chi connectivity index (χ0n) is 34.0. The lowest BCUT2D eigenvalue weighted by Gasteiger charge is -2.26. The molecule has 0 saturated carbocycles. The van der Waals surface area contributed by atoms with Crippen LogP contribution in [0.25, 0.3) is 88.7 Å². The van der Waals surface area contributed by atoms with Gasteiger partial charge in [-0.25, -0.2) is 0 Å². The molecule has 0 saturated heterocycles. The van der Waals surface area contributed by atoms with Crippen molar-refractivity contribution in [1.29, 1.82) is 0 Å². The van der Waals surface area contributed by atoms with Gasteiger partial charge >= 0.3 is 0 Å². The maximum atomic E-state index is 6.12. The van der Waals surface area contributed by atoms with Crippen molar-refractivity contribution in [2.45, 2.75) is 0 Å². The molecule has 62 heavy (non-hydrogen) atoms. The smallest absolute Gasteiger partial charge is 0.135 e. The van der Waals surface area contributed by atoms with E-state index < -0.39 is 0 Å². The van der Waals surface area contributed by atoms with Crippen LogP contribution < -0.4 is 4.90 Å². The van der Waals surface area contributed by atoms with Crippen LogP contribution >= 0.6 is 0 Å². The summed E-state index contributed by atoms with van der Waals surface area (Å²) in [6.45, 7) is 0. The Labute approximate surface area is 362 Å². The van der Waals surface area contributed by atoms with E-state index in [1.165, 1.54) is 55.6 Å². The number of hydrogen-bond donors (Lipinski definition) is 0. The summed E-state index contributed by atoms with van der Waals surface area (Å²) >= 11 is 0. The maximum Gasteiger partial charge on any atom is 0.135 e. The van der Waals surface area contributed by atoms with Gasteiger partial charge in [0.05, 0.1) is 0 Å². The van der Waals surface area contributed by atoms with Crippen molar-refractivity contribution in [3.63, 3.8) is 0 Å². The monoisotopic (exact) mass is 791 g/mol. The third kappa shape index (κ3) is 7.25. The predicted octanol–water partition coefficient (Wildman–Crippen LogP) is 17.1. The number of hydrogen-bond acceptors (Lipinski definition) is 2. The highest BCUT2D eigenvalue weighted by Crippen LogP contribution is 2.39. The summed E-state index contributed by atoms with van der Waals surface area (Å²) < 4.78 is 6.12. The highest BCUT2D eigenvalue weighted by atomic mass is 16.3. The fraction of sp³-hybridized carbons (Fsp3) is 0. The Balaban J connectivity index is 0.892. The Hall–Kier alpha value is -8.20. The summed E-state index contributed by atoms with van der Waals surface area (Å²) in [5.74, 6) is 0. The molecule has 10 aromatic carbocycles. The van der Waals surface area contributed by atoms with Gasteiger partial charge in [0.25, 0.3) is 0 Å². The van der Waals surface area contributed by atoms with Gasteiger partial charge in [-0.1, -0.05) is 194 Å². The molecule has 0 bridgehead atoms. The SMILES string of the molecule is c1ccc(-c2ccc(-c3ccc(-c4ccc(N(c5ccc(-c6ccc(-c7ccccc7)cc6)cc5)c5ccc(-c6ccc7oc8ccccc8c7c6)cc5)cc4)cc3)cc2)cc1. The molecule has 2 nitrogen and oxygen atoms in total. The molecule has 2 heteroatoms. The van der Waals surface area contributed by atoms with Gasteiger partial charge in [-0.2, -0.15) is 0 Å². The second-order valence-electron chi connectivity index (χ2n) is 15.7. The molecule has 0 atom stereocenters. The molecule has 11 rings (SSSR count). The lowest BCUT2D eigenvalue weighted by Crippen LogP contribution is -2.09. The fourth-order valence-corrected chi connectivity index (χ4v) is 8.59. The molecule has 0 aliphatic rings. The Bertz CT molecular complexity index is 3260. The summed E-state index contributed by atoms with van der Waals surface area (Å²) in [4.78, 5) is 2.34. The number of para-hydroxylation sites is 1. The molecule has 1 heterocycles. The summed E-state index contributed by atoms with van der Waals surface area (Å²) in [6.07, 6.45) is 0. The van der Waals surface area contributed by atoms with E-state index in [4.69, 9.17) is 4.42 Å². The lowest BCUT2D eigenvalue weighted by molar-refractivity contribution is 0.669. The fourth-order valence-electron chi connectivity index (χ4n) is 8.59. The minimum absolute atomic E-state index is 0.904. The van der Waals surface area contributed by atoms with E-state index in [0.29, 0.717) is 0 Å². The highest BCUT2D eigenvalue weighted by molar-refractivity contribution is 6.06. The molecule has 0 aliphatic heterocycles. The lowest BCUT2D eigenvalue weighted by atomic mass is 9.98. The summed E-state index contributed by atoms with van der Waals surface area (Å²) in [5, 5.41) is 2.27. The third-order valence-corrected chi connectivity index (χ3v) is 12.0. The number of anilines is 3. The zero-order chi connectivity index (χ0) is 41.2. The first-order chi connectivity index (χ1) is 30.7. The largest absolute Gasteiger partial charge is 0.456 e. The Kier molecular flexibility index (Phi) is 9.57. The normalized spacial score (nSPS) is 11.2. The molecule has 0 aliphatic carbocycles. The number of benzene rings is 10. The molecule has 0 fully saturated rings. The maximum absolute atomic E-state index is 6.12. The van der Waals surface area contributed by atoms with Gasteiger partial charge in [-0.05, 0) is 121 Å². The van der Waals surface area contributed by atoms with E-state index >= 15 is 0 Å². The van der Waals surface area contributed by atoms with Crippen LogP contribution in [0.3, 0.4) is 0 Å². The van der Waals surface area contributed by atoms with Gasteiger partial charge in [0, 0.05) is 27.8 Å². The van der Waals surface area contributed by atoms with Crippen LogP contribution in [-0.4, -0.2) is 0 Å². The van der Waals surface area contributed by atoms with Gasteiger partial charge < -0.3 is 9.32 Å². The van der Waals surface area contributed by atoms with Crippen molar-refractivity contribution >= 4 is 39.0 Å². The van der Waals surface area contributed by atoms with E-state index in [9.17, 15) is 0 Å². The van der Waals surface area contributed by atoms with E-state index in [2.05, 4.69) is 241 Å². The van der Waals surface area contributed by atoms with Gasteiger partial charge in [0.1, 0.15) is 11.2 Å². The quantitative estimate of drug-likeness (QED) is 0.145. The van der Waals surface area contributed by atoms with E-state index in [0.717, 1.165) is 50.1 Å². The third-order valence-electron chi connectivity index (χ3n) is 12.0. The van der Waals surface area contributed by atoms with Crippen LogP contribution in [0.2, 0.25) is 0 Å². The topological polar surface area (TPSA) is 16.4 Å². The van der Waals surface area contributed by atoms with Crippen molar-refractivity contribution < 1.29 is 4.42 Å². The molecule has 0 spiro atoms. The Morgan fingerprint density at radius 1 is 0.210 bits per heavy atom. The van der Waals surface area contributed by atoms with Crippen LogP contribution in [0.1, 0.15) is 0 Å². The van der Waals surface area contributed by atoms with E-state index in [1.54, 1.807) is 0 Å². The molecule has 0 N–H and O–H groups in total. The minimum Gasteiger partial charge on any atom is -0.456 e. The zero-order valence-corrected chi connectivity index (χ0v) is 34.0. The Morgan fingerprint density at radius 2 is 0.484 bits per heavy atom. The average Bonchev–Trinajstić information content (AvgIpc) is 3.74. The standard InChI is InChI=1S/C60H41NO/c1-3-9-42(10-4-1)44-15-19-46(20-16-44)47-23-25-49(26-24-47)51-29-36-55(37-30-51)61(54-34-27-50(28-35-54)48-21-17-45(18-22-48)43-11-5-2-6-12-43)56-38-31-52(32-39-56)53-33-40-60-58(41-53)57-13-7-8-14-59(57)62-60/h1-41H. The number of fused-ring (bicyclic) bond motifs is 3. The summed E-state index contributed by atoms with van der Waals surface area (Å²) in [7, 11) is 0. The van der Waals surface area contributed by atoms with Gasteiger partial charge in [-0.15, -0.1) is 0 Å². The molecule has 0 amide bonds. The highest BCUT2D eigenvalue weighted by Gasteiger charge is 2.15. The number of nitrogens with zero attached hydrogens (tertiary/aromatic N) is 1. The van der Waals surface area contributed by atoms with Crippen LogP contribution in [0.15, 0.2) is 253 Å². The molecule has 0 unspecified atom stereocenters. The van der Waals surface area contributed by atoms with Crippen molar-refractivity contribution in [2.24, 2.45) is 0 Å². The molecule has 11 aromatic rings. The van der Waals surface area contributed by atoms with Gasteiger partial charge in [0.15, 0.2) is 0 Å². The molecule has 292 valence electrons. The van der Waals surface area contributed by atoms with E-state index in [1.807, 2.05) is 12.1 Å². The van der Waals surface area contributed by atoms with Gasteiger partial charge in [-0.3, -0.25) is 0 Å². The first kappa shape index (κ1) is 36.8. The van der Waals surface area contributed by atoms with E-state index in [-0.39, 0.29) is 0 Å². The number of furan rings is 1. The van der Waals surface area contributed by atoms with Crippen molar-refractivity contribution in [2.75, 3.05) is 4.90 Å². The molecular formula is C60H41NO. The predicted molar refractivity (Wildman–Crippen MR) is 261 cm³/mol. The van der Waals surface area contributed by atoms with Crippen molar-refractivity contribution in [3.8, 4) is 66.8 Å². The van der Waals surface area contributed by atoms with Crippen molar-refractivity contribution in [1.82, 2.24) is 0 Å². The first-order valence-electron chi connectivity index (χ1n) is 21.1. The minimum atomic E-state index is 0.904. The van der Waals surface area contributed by atoms with Crippen LogP contribution in [0, 0.1) is 0 Å². The number of rotatable bonds is 9. The second-order valence-corrected chi connectivity index (χ2v) is 15.7. The average molecular weight is 792 g/mol. The van der Waals surface area contributed by atoms with Crippen LogP contribution in [0.5, 0.6) is 0 Å².